The summed E-state index contributed by atoms with van der Waals surface area (Å²) in [5, 5.41) is 7.14. The number of hydrogen-bond acceptors (Lipinski definition) is 1. The maximum atomic E-state index is 5.66. The van der Waals surface area contributed by atoms with E-state index in [9.17, 15) is 0 Å². The summed E-state index contributed by atoms with van der Waals surface area (Å²) in [5.41, 5.74) is 2.16. The number of aromatic amines is 1. The van der Waals surface area contributed by atoms with Crippen LogP contribution in [-0.4, -0.2) is 10.2 Å². The number of nitrogens with one attached hydrogen (secondary N) is 1. The van der Waals surface area contributed by atoms with Crippen LogP contribution in [0.15, 0.2) is 6.07 Å². The molecule has 0 saturated carbocycles. The molecule has 1 aromatic rings. The van der Waals surface area contributed by atoms with Gasteiger partial charge in [0.15, 0.2) is 0 Å². The Morgan fingerprint density at radius 2 is 2.17 bits per heavy atom. The molecule has 0 atom stereocenters. The summed E-state index contributed by atoms with van der Waals surface area (Å²) < 4.78 is 0. The van der Waals surface area contributed by atoms with Crippen molar-refractivity contribution in [3.05, 3.63) is 17.5 Å². The monoisotopic (exact) mass is 186 g/mol. The summed E-state index contributed by atoms with van der Waals surface area (Å²) >= 11 is 5.66. The van der Waals surface area contributed by atoms with E-state index >= 15 is 0 Å². The Bertz CT molecular complexity index is 228. The van der Waals surface area contributed by atoms with Crippen molar-refractivity contribution in [3.63, 3.8) is 0 Å². The van der Waals surface area contributed by atoms with Gasteiger partial charge < -0.3 is 0 Å². The number of hydrogen-bond donors (Lipinski definition) is 1. The number of H-pyrrole nitrogens is 1. The summed E-state index contributed by atoms with van der Waals surface area (Å²) in [4.78, 5) is 0. The molecule has 3 heteroatoms. The van der Waals surface area contributed by atoms with Gasteiger partial charge in [-0.1, -0.05) is 13.8 Å². The second-order valence-corrected chi connectivity index (χ2v) is 3.23. The molecule has 68 valence electrons. The molecule has 2 nitrogen and oxygen atoms in total. The van der Waals surface area contributed by atoms with Gasteiger partial charge in [-0.05, 0) is 18.9 Å². The second kappa shape index (κ2) is 4.51. The van der Waals surface area contributed by atoms with Gasteiger partial charge in [0.2, 0.25) is 0 Å². The Kier molecular flexibility index (Phi) is 3.60. The van der Waals surface area contributed by atoms with Crippen LogP contribution >= 0.6 is 11.6 Å². The molecule has 1 N–H and O–H groups in total. The highest BCUT2D eigenvalue weighted by Gasteiger charge is 2.09. The highest BCUT2D eigenvalue weighted by Crippen LogP contribution is 2.21. The molecule has 0 bridgehead atoms. The number of nitrogens with zero attached hydrogens (tertiary/aromatic N) is 1. The lowest BCUT2D eigenvalue weighted by atomic mass is 10.00. The molecule has 0 aliphatic rings. The van der Waals surface area contributed by atoms with Crippen LogP contribution < -0.4 is 0 Å². The van der Waals surface area contributed by atoms with Crippen LogP contribution in [0.25, 0.3) is 0 Å². The van der Waals surface area contributed by atoms with Gasteiger partial charge in [-0.15, -0.1) is 11.6 Å². The minimum Gasteiger partial charge on any atom is -0.281 e. The van der Waals surface area contributed by atoms with Crippen LogP contribution in [0.4, 0.5) is 0 Å². The Morgan fingerprint density at radius 1 is 1.50 bits per heavy atom. The molecule has 1 rings (SSSR count). The smallest absolute Gasteiger partial charge is 0.0656 e. The Balaban J connectivity index is 2.72. The van der Waals surface area contributed by atoms with Crippen molar-refractivity contribution in [1.29, 1.82) is 0 Å². The molecule has 0 aliphatic carbocycles. The van der Waals surface area contributed by atoms with Crippen LogP contribution in [0.1, 0.15) is 44.0 Å². The molecule has 0 amide bonds. The van der Waals surface area contributed by atoms with Crippen LogP contribution in [0.3, 0.4) is 0 Å². The molecule has 0 aromatic carbocycles. The molecule has 0 radical (unpaired) electrons. The standard InChI is InChI=1S/C9H15ClN2/c1-3-7(4-2)9-5-8(6-10)11-12-9/h5,7H,3-4,6H2,1-2H3,(H,11,12). The van der Waals surface area contributed by atoms with Crippen molar-refractivity contribution in [2.24, 2.45) is 0 Å². The van der Waals surface area contributed by atoms with Crippen molar-refractivity contribution >= 4 is 11.6 Å². The summed E-state index contributed by atoms with van der Waals surface area (Å²) in [6.07, 6.45) is 2.28. The molecule has 1 heterocycles. The molecule has 0 aliphatic heterocycles. The van der Waals surface area contributed by atoms with Crippen molar-refractivity contribution in [2.45, 2.75) is 38.5 Å². The van der Waals surface area contributed by atoms with Crippen molar-refractivity contribution < 1.29 is 0 Å². The van der Waals surface area contributed by atoms with Gasteiger partial charge in [0, 0.05) is 5.92 Å². The van der Waals surface area contributed by atoms with Gasteiger partial charge in [-0.3, -0.25) is 5.10 Å². The molecular formula is C9H15ClN2. The minimum atomic E-state index is 0.521. The predicted molar refractivity (Wildman–Crippen MR) is 51.5 cm³/mol. The maximum Gasteiger partial charge on any atom is 0.0656 e. The third kappa shape index (κ3) is 2.01. The third-order valence-corrected chi connectivity index (χ3v) is 2.49. The first-order valence-electron chi connectivity index (χ1n) is 4.41. The van der Waals surface area contributed by atoms with Crippen molar-refractivity contribution in [1.82, 2.24) is 10.2 Å². The van der Waals surface area contributed by atoms with Gasteiger partial charge in [0.1, 0.15) is 0 Å². The van der Waals surface area contributed by atoms with Crippen LogP contribution in [0, 0.1) is 0 Å². The molecule has 0 unspecified atom stereocenters. The second-order valence-electron chi connectivity index (χ2n) is 2.97. The molecule has 1 aromatic heterocycles. The van der Waals surface area contributed by atoms with Gasteiger partial charge >= 0.3 is 0 Å². The van der Waals surface area contributed by atoms with Crippen molar-refractivity contribution in [2.75, 3.05) is 0 Å². The van der Waals surface area contributed by atoms with Gasteiger partial charge in [-0.2, -0.15) is 5.10 Å². The quantitative estimate of drug-likeness (QED) is 0.720. The fourth-order valence-electron chi connectivity index (χ4n) is 1.36. The van der Waals surface area contributed by atoms with E-state index in [0.717, 1.165) is 24.2 Å². The van der Waals surface area contributed by atoms with E-state index in [-0.39, 0.29) is 0 Å². The molecule has 0 saturated heterocycles. The Hall–Kier alpha value is -0.500. The van der Waals surface area contributed by atoms with Crippen LogP contribution in [-0.2, 0) is 5.88 Å². The van der Waals surface area contributed by atoms with Gasteiger partial charge in [0.05, 0.1) is 17.3 Å². The molecule has 0 fully saturated rings. The summed E-state index contributed by atoms with van der Waals surface area (Å²) in [5.74, 6) is 1.10. The normalized spacial score (nSPS) is 11.0. The zero-order chi connectivity index (χ0) is 8.97. The lowest BCUT2D eigenvalue weighted by Gasteiger charge is -2.06. The fraction of sp³-hybridized carbons (Fsp3) is 0.667. The van der Waals surface area contributed by atoms with E-state index < -0.39 is 0 Å². The number of rotatable bonds is 4. The third-order valence-electron chi connectivity index (χ3n) is 2.20. The number of alkyl halides is 1. The van der Waals surface area contributed by atoms with Gasteiger partial charge in [-0.25, -0.2) is 0 Å². The predicted octanol–water partition coefficient (Wildman–Crippen LogP) is 3.05. The van der Waals surface area contributed by atoms with E-state index in [0.29, 0.717) is 11.8 Å². The lowest BCUT2D eigenvalue weighted by molar-refractivity contribution is 0.621. The zero-order valence-corrected chi connectivity index (χ0v) is 8.36. The van der Waals surface area contributed by atoms with E-state index in [4.69, 9.17) is 11.6 Å². The number of halogens is 1. The summed E-state index contributed by atoms with van der Waals surface area (Å²) in [6, 6.07) is 2.06. The topological polar surface area (TPSA) is 28.7 Å². The highest BCUT2D eigenvalue weighted by molar-refractivity contribution is 6.16. The molecular weight excluding hydrogens is 172 g/mol. The van der Waals surface area contributed by atoms with Crippen LogP contribution in [0.5, 0.6) is 0 Å². The van der Waals surface area contributed by atoms with E-state index in [1.807, 2.05) is 0 Å². The zero-order valence-electron chi connectivity index (χ0n) is 7.60. The summed E-state index contributed by atoms with van der Waals surface area (Å²) in [6.45, 7) is 4.37. The lowest BCUT2D eigenvalue weighted by Crippen LogP contribution is -1.95. The maximum absolute atomic E-state index is 5.66. The number of aromatic nitrogens is 2. The van der Waals surface area contributed by atoms with E-state index in [2.05, 4.69) is 30.1 Å². The minimum absolute atomic E-state index is 0.521. The van der Waals surface area contributed by atoms with Gasteiger partial charge in [0.25, 0.3) is 0 Å². The molecule has 12 heavy (non-hydrogen) atoms. The Morgan fingerprint density at radius 3 is 2.58 bits per heavy atom. The Labute approximate surface area is 78.3 Å². The van der Waals surface area contributed by atoms with Crippen molar-refractivity contribution in [3.8, 4) is 0 Å². The first-order valence-corrected chi connectivity index (χ1v) is 4.95. The van der Waals surface area contributed by atoms with Crippen LogP contribution in [0.2, 0.25) is 0 Å². The first kappa shape index (κ1) is 9.59. The van der Waals surface area contributed by atoms with E-state index in [1.165, 1.54) is 0 Å². The highest BCUT2D eigenvalue weighted by atomic mass is 35.5. The summed E-state index contributed by atoms with van der Waals surface area (Å²) in [7, 11) is 0. The van der Waals surface area contributed by atoms with E-state index in [1.54, 1.807) is 0 Å². The average Bonchev–Trinajstić information content (AvgIpc) is 2.55. The molecule has 0 spiro atoms. The average molecular weight is 187 g/mol. The first-order chi connectivity index (χ1) is 5.81. The largest absolute Gasteiger partial charge is 0.281 e. The SMILES string of the molecule is CCC(CC)c1cc(CCl)[nH]n1. The fourth-order valence-corrected chi connectivity index (χ4v) is 1.50.